The summed E-state index contributed by atoms with van der Waals surface area (Å²) in [5.74, 6) is 0.782. The zero-order valence-corrected chi connectivity index (χ0v) is 11.2. The fraction of sp³-hybridized carbons (Fsp3) is 1.00. The molecule has 0 aromatic rings. The molecule has 3 rings (SSSR count). The van der Waals surface area contributed by atoms with E-state index in [9.17, 15) is 5.11 Å². The minimum Gasteiger partial charge on any atom is -0.395 e. The van der Waals surface area contributed by atoms with E-state index >= 15 is 0 Å². The zero-order chi connectivity index (χ0) is 12.5. The van der Waals surface area contributed by atoms with Gasteiger partial charge in [0.05, 0.1) is 19.4 Å². The molecule has 5 heteroatoms. The maximum atomic E-state index is 9.25. The number of piperidine rings is 2. The van der Waals surface area contributed by atoms with Crippen LogP contribution in [0.3, 0.4) is 0 Å². The van der Waals surface area contributed by atoms with E-state index in [1.54, 1.807) is 0 Å². The molecule has 0 aromatic heterocycles. The molecule has 3 unspecified atom stereocenters. The zero-order valence-electron chi connectivity index (χ0n) is 11.2. The highest BCUT2D eigenvalue weighted by Gasteiger charge is 2.41. The summed E-state index contributed by atoms with van der Waals surface area (Å²) >= 11 is 0. The quantitative estimate of drug-likeness (QED) is 0.524. The number of hydrogen-bond acceptors (Lipinski definition) is 5. The Labute approximate surface area is 109 Å². The van der Waals surface area contributed by atoms with Crippen molar-refractivity contribution in [2.24, 2.45) is 5.92 Å². The van der Waals surface area contributed by atoms with Crippen molar-refractivity contribution < 1.29 is 5.11 Å². The van der Waals surface area contributed by atoms with E-state index in [1.165, 1.54) is 12.8 Å². The lowest BCUT2D eigenvalue weighted by Gasteiger charge is -2.41. The highest BCUT2D eigenvalue weighted by molar-refractivity contribution is 4.98. The second kappa shape index (κ2) is 5.43. The molecule has 5 atom stereocenters. The third-order valence-electron chi connectivity index (χ3n) is 4.77. The standard InChI is InChI=1S/C13H26N4O/c1-9-4-11(6-14-5-9)17-8-15-13-12(17)3-2-10(7-18)16-13/h9-16,18H,2-8H2,1H3/t9-,10?,11-,12?,13?/m1/s1. The Balaban J connectivity index is 1.62. The first kappa shape index (κ1) is 12.8. The van der Waals surface area contributed by atoms with Gasteiger partial charge in [-0.3, -0.25) is 15.5 Å². The third kappa shape index (κ3) is 2.42. The first-order valence-electron chi connectivity index (χ1n) is 7.34. The van der Waals surface area contributed by atoms with Crippen molar-refractivity contribution >= 4 is 0 Å². The third-order valence-corrected chi connectivity index (χ3v) is 4.77. The van der Waals surface area contributed by atoms with Crippen LogP contribution in [0.4, 0.5) is 0 Å². The number of fused-ring (bicyclic) bond motifs is 1. The molecule has 5 nitrogen and oxygen atoms in total. The van der Waals surface area contributed by atoms with Gasteiger partial charge in [-0.05, 0) is 31.7 Å². The van der Waals surface area contributed by atoms with Crippen LogP contribution < -0.4 is 16.0 Å². The van der Waals surface area contributed by atoms with Crippen molar-refractivity contribution in [3.8, 4) is 0 Å². The van der Waals surface area contributed by atoms with Crippen LogP contribution >= 0.6 is 0 Å². The average Bonchev–Trinajstić information content (AvgIpc) is 2.81. The normalized spacial score (nSPS) is 46.0. The highest BCUT2D eigenvalue weighted by Crippen LogP contribution is 2.26. The van der Waals surface area contributed by atoms with Crippen molar-refractivity contribution in [2.75, 3.05) is 26.4 Å². The van der Waals surface area contributed by atoms with Crippen molar-refractivity contribution in [1.82, 2.24) is 20.9 Å². The number of rotatable bonds is 2. The van der Waals surface area contributed by atoms with E-state index in [-0.39, 0.29) is 12.6 Å². The number of aliphatic hydroxyl groups excluding tert-OH is 1. The molecule has 0 radical (unpaired) electrons. The molecule has 4 N–H and O–H groups in total. The lowest BCUT2D eigenvalue weighted by atomic mass is 9.93. The first-order valence-corrected chi connectivity index (χ1v) is 7.34. The number of hydrogen-bond donors (Lipinski definition) is 4. The highest BCUT2D eigenvalue weighted by atomic mass is 16.3. The number of aliphatic hydroxyl groups is 1. The number of nitrogens with zero attached hydrogens (tertiary/aromatic N) is 1. The van der Waals surface area contributed by atoms with Gasteiger partial charge < -0.3 is 10.4 Å². The van der Waals surface area contributed by atoms with E-state index in [0.717, 1.165) is 32.1 Å². The molecule has 0 amide bonds. The predicted molar refractivity (Wildman–Crippen MR) is 71.1 cm³/mol. The van der Waals surface area contributed by atoms with Gasteiger partial charge in [0.15, 0.2) is 0 Å². The molecule has 0 aliphatic carbocycles. The van der Waals surface area contributed by atoms with Crippen LogP contribution in [-0.4, -0.2) is 60.7 Å². The summed E-state index contributed by atoms with van der Waals surface area (Å²) < 4.78 is 0. The largest absolute Gasteiger partial charge is 0.395 e. The summed E-state index contributed by atoms with van der Waals surface area (Å²) in [6, 6.07) is 1.55. The molecule has 18 heavy (non-hydrogen) atoms. The molecule has 0 aromatic carbocycles. The van der Waals surface area contributed by atoms with Crippen molar-refractivity contribution in [2.45, 2.75) is 50.5 Å². The maximum Gasteiger partial charge on any atom is 0.0745 e. The smallest absolute Gasteiger partial charge is 0.0745 e. The van der Waals surface area contributed by atoms with Crippen LogP contribution in [0, 0.1) is 5.92 Å². The topological polar surface area (TPSA) is 59.6 Å². The SMILES string of the molecule is C[C@H]1CNC[C@H](N2CNC3NC(CO)CCC32)C1. The van der Waals surface area contributed by atoms with E-state index < -0.39 is 0 Å². The van der Waals surface area contributed by atoms with E-state index in [0.29, 0.717) is 18.2 Å². The Hall–Kier alpha value is -0.200. The van der Waals surface area contributed by atoms with Crippen LogP contribution in [0.15, 0.2) is 0 Å². The van der Waals surface area contributed by atoms with E-state index in [2.05, 4.69) is 27.8 Å². The van der Waals surface area contributed by atoms with Gasteiger partial charge in [-0.2, -0.15) is 0 Å². The maximum absolute atomic E-state index is 9.25. The summed E-state index contributed by atoms with van der Waals surface area (Å²) in [6.45, 7) is 5.86. The summed E-state index contributed by atoms with van der Waals surface area (Å²) in [4.78, 5) is 2.63. The Kier molecular flexibility index (Phi) is 3.86. The minimum atomic E-state index is 0.257. The number of nitrogens with one attached hydrogen (secondary N) is 3. The van der Waals surface area contributed by atoms with Gasteiger partial charge in [0.25, 0.3) is 0 Å². The van der Waals surface area contributed by atoms with Gasteiger partial charge in [-0.25, -0.2) is 0 Å². The molecule has 3 fully saturated rings. The van der Waals surface area contributed by atoms with Crippen molar-refractivity contribution in [3.05, 3.63) is 0 Å². The van der Waals surface area contributed by atoms with Gasteiger partial charge in [0, 0.05) is 24.7 Å². The molecule has 0 spiro atoms. The van der Waals surface area contributed by atoms with Gasteiger partial charge in [-0.1, -0.05) is 6.92 Å². The van der Waals surface area contributed by atoms with Crippen LogP contribution in [0.1, 0.15) is 26.2 Å². The molecule has 3 aliphatic rings. The van der Waals surface area contributed by atoms with E-state index in [1.807, 2.05) is 0 Å². The van der Waals surface area contributed by atoms with Gasteiger partial charge in [0.1, 0.15) is 0 Å². The summed E-state index contributed by atoms with van der Waals surface area (Å²) in [5, 5.41) is 19.9. The van der Waals surface area contributed by atoms with Crippen LogP contribution in [-0.2, 0) is 0 Å². The second-order valence-corrected chi connectivity index (χ2v) is 6.20. The molecule has 0 saturated carbocycles. The molecule has 3 heterocycles. The Morgan fingerprint density at radius 1 is 1.28 bits per heavy atom. The summed E-state index contributed by atoms with van der Waals surface area (Å²) in [6.07, 6.45) is 3.96. The Morgan fingerprint density at radius 2 is 2.17 bits per heavy atom. The first-order chi connectivity index (χ1) is 8.78. The Morgan fingerprint density at radius 3 is 2.94 bits per heavy atom. The molecule has 3 saturated heterocycles. The lowest BCUT2D eigenvalue weighted by Crippen LogP contribution is -2.58. The Bertz CT molecular complexity index is 288. The van der Waals surface area contributed by atoms with Crippen LogP contribution in [0.5, 0.6) is 0 Å². The molecule has 0 bridgehead atoms. The van der Waals surface area contributed by atoms with Gasteiger partial charge in [0.2, 0.25) is 0 Å². The lowest BCUT2D eigenvalue weighted by molar-refractivity contribution is 0.0927. The molecule has 3 aliphatic heterocycles. The van der Waals surface area contributed by atoms with Crippen LogP contribution in [0.2, 0.25) is 0 Å². The van der Waals surface area contributed by atoms with Crippen LogP contribution in [0.25, 0.3) is 0 Å². The van der Waals surface area contributed by atoms with Crippen molar-refractivity contribution in [3.63, 3.8) is 0 Å². The van der Waals surface area contributed by atoms with Crippen molar-refractivity contribution in [1.29, 1.82) is 0 Å². The minimum absolute atomic E-state index is 0.257. The van der Waals surface area contributed by atoms with Gasteiger partial charge >= 0.3 is 0 Å². The molecule has 104 valence electrons. The fourth-order valence-corrected chi connectivity index (χ4v) is 3.78. The summed E-state index contributed by atoms with van der Waals surface area (Å²) in [5.41, 5.74) is 0. The molecular weight excluding hydrogens is 228 g/mol. The second-order valence-electron chi connectivity index (χ2n) is 6.20. The average molecular weight is 254 g/mol. The predicted octanol–water partition coefficient (Wildman–Crippen LogP) is -0.714. The summed E-state index contributed by atoms with van der Waals surface area (Å²) in [7, 11) is 0. The monoisotopic (exact) mass is 254 g/mol. The fourth-order valence-electron chi connectivity index (χ4n) is 3.78. The molecular formula is C13H26N4O. The van der Waals surface area contributed by atoms with E-state index in [4.69, 9.17) is 0 Å². The van der Waals surface area contributed by atoms with Gasteiger partial charge in [-0.15, -0.1) is 0 Å².